The summed E-state index contributed by atoms with van der Waals surface area (Å²) in [5.41, 5.74) is 1.93. The minimum Gasteiger partial charge on any atom is -0.444 e. The molecule has 1 aromatic rings. The van der Waals surface area contributed by atoms with E-state index in [1.807, 2.05) is 32.0 Å². The van der Waals surface area contributed by atoms with Crippen molar-refractivity contribution in [3.8, 4) is 0 Å². The van der Waals surface area contributed by atoms with Crippen LogP contribution in [-0.2, 0) is 14.3 Å². The third kappa shape index (κ3) is 8.91. The van der Waals surface area contributed by atoms with Gasteiger partial charge in [-0.3, -0.25) is 9.59 Å². The van der Waals surface area contributed by atoms with E-state index >= 15 is 0 Å². The van der Waals surface area contributed by atoms with Crippen molar-refractivity contribution >= 4 is 17.9 Å². The van der Waals surface area contributed by atoms with Gasteiger partial charge in [0.2, 0.25) is 11.8 Å². The van der Waals surface area contributed by atoms with Crippen LogP contribution in [0.1, 0.15) is 76.6 Å². The van der Waals surface area contributed by atoms with Gasteiger partial charge in [0.25, 0.3) is 0 Å². The number of benzene rings is 1. The topological polar surface area (TPSA) is 87.7 Å². The highest BCUT2D eigenvalue weighted by molar-refractivity contribution is 5.92. The number of ether oxygens (including phenoxy) is 1. The Kier molecular flexibility index (Phi) is 11.1. The lowest BCUT2D eigenvalue weighted by Gasteiger charge is -2.34. The summed E-state index contributed by atoms with van der Waals surface area (Å²) in [6, 6.07) is 4.05. The normalized spacial score (nSPS) is 12.9. The van der Waals surface area contributed by atoms with E-state index < -0.39 is 29.7 Å². The van der Waals surface area contributed by atoms with Crippen molar-refractivity contribution in [2.24, 2.45) is 0 Å². The van der Waals surface area contributed by atoms with Crippen molar-refractivity contribution in [2.75, 3.05) is 13.1 Å². The van der Waals surface area contributed by atoms with Gasteiger partial charge in [0.15, 0.2) is 0 Å². The fourth-order valence-corrected chi connectivity index (χ4v) is 3.63. The molecule has 184 valence electrons. The van der Waals surface area contributed by atoms with Gasteiger partial charge >= 0.3 is 6.09 Å². The molecule has 0 fully saturated rings. The first-order chi connectivity index (χ1) is 15.4. The van der Waals surface area contributed by atoms with Crippen LogP contribution >= 0.6 is 0 Å². The summed E-state index contributed by atoms with van der Waals surface area (Å²) in [7, 11) is 0. The molecule has 0 saturated carbocycles. The van der Waals surface area contributed by atoms with Crippen LogP contribution in [0, 0.1) is 13.8 Å². The van der Waals surface area contributed by atoms with E-state index in [0.717, 1.165) is 36.0 Å². The van der Waals surface area contributed by atoms with Crippen LogP contribution in [0.25, 0.3) is 0 Å². The predicted molar refractivity (Wildman–Crippen MR) is 132 cm³/mol. The number of carbonyl (C=O) groups excluding carboxylic acids is 3. The number of carbonyl (C=O) groups is 3. The molecule has 0 aliphatic heterocycles. The molecule has 0 spiro atoms. The number of nitrogens with one attached hydrogen (secondary N) is 2. The molecule has 0 bridgehead atoms. The fourth-order valence-electron chi connectivity index (χ4n) is 3.63. The summed E-state index contributed by atoms with van der Waals surface area (Å²) in [6.45, 7) is 17.3. The van der Waals surface area contributed by atoms with Crippen LogP contribution in [0.15, 0.2) is 30.9 Å². The molecule has 3 amide bonds. The van der Waals surface area contributed by atoms with Gasteiger partial charge in [-0.1, -0.05) is 44.0 Å². The first kappa shape index (κ1) is 28.2. The summed E-state index contributed by atoms with van der Waals surface area (Å²) in [4.78, 5) is 40.6. The van der Waals surface area contributed by atoms with Crippen LogP contribution < -0.4 is 10.6 Å². The monoisotopic (exact) mass is 459 g/mol. The van der Waals surface area contributed by atoms with E-state index in [1.165, 1.54) is 4.90 Å². The van der Waals surface area contributed by atoms with Crippen LogP contribution in [0.4, 0.5) is 4.79 Å². The van der Waals surface area contributed by atoms with E-state index in [2.05, 4.69) is 24.1 Å². The van der Waals surface area contributed by atoms with Gasteiger partial charge in [-0.25, -0.2) is 4.79 Å². The lowest BCUT2D eigenvalue weighted by molar-refractivity contribution is -0.141. The fraction of sp³-hybridized carbons (Fsp3) is 0.577. The number of hydrogen-bond donors (Lipinski definition) is 2. The molecular formula is C26H41N3O4. The molecule has 0 radical (unpaired) electrons. The second-order valence-electron chi connectivity index (χ2n) is 9.35. The molecule has 0 aliphatic rings. The van der Waals surface area contributed by atoms with E-state index in [-0.39, 0.29) is 12.5 Å². The Morgan fingerprint density at radius 3 is 2.27 bits per heavy atom. The highest BCUT2D eigenvalue weighted by Crippen LogP contribution is 2.28. The zero-order valence-corrected chi connectivity index (χ0v) is 21.3. The van der Waals surface area contributed by atoms with Gasteiger partial charge in [0.05, 0.1) is 0 Å². The third-order valence-electron chi connectivity index (χ3n) is 5.17. The van der Waals surface area contributed by atoms with Gasteiger partial charge < -0.3 is 20.3 Å². The molecular weight excluding hydrogens is 418 g/mol. The van der Waals surface area contributed by atoms with Crippen molar-refractivity contribution in [3.63, 3.8) is 0 Å². The Bertz CT molecular complexity index is 809. The summed E-state index contributed by atoms with van der Waals surface area (Å²) in [5.74, 6) is -0.639. The molecule has 2 N–H and O–H groups in total. The SMILES string of the molecule is C=CCN(C(=O)C(C)NC(=O)OC(C)(C)C)C(C(=O)NCCCCC)c1c(C)cccc1C. The Morgan fingerprint density at radius 2 is 1.76 bits per heavy atom. The molecule has 0 aromatic heterocycles. The molecule has 0 saturated heterocycles. The maximum Gasteiger partial charge on any atom is 0.408 e. The molecule has 33 heavy (non-hydrogen) atoms. The van der Waals surface area contributed by atoms with E-state index in [9.17, 15) is 14.4 Å². The number of nitrogens with zero attached hydrogens (tertiary/aromatic N) is 1. The first-order valence-electron chi connectivity index (χ1n) is 11.7. The quantitative estimate of drug-likeness (QED) is 0.375. The van der Waals surface area contributed by atoms with Gasteiger partial charge in [-0.05, 0) is 64.7 Å². The maximum atomic E-state index is 13.5. The van der Waals surface area contributed by atoms with Crippen LogP contribution in [0.3, 0.4) is 0 Å². The van der Waals surface area contributed by atoms with Gasteiger partial charge in [-0.15, -0.1) is 6.58 Å². The third-order valence-corrected chi connectivity index (χ3v) is 5.17. The summed E-state index contributed by atoms with van der Waals surface area (Å²) >= 11 is 0. The van der Waals surface area contributed by atoms with E-state index in [4.69, 9.17) is 4.74 Å². The van der Waals surface area contributed by atoms with Crippen LogP contribution in [0.5, 0.6) is 0 Å². The predicted octanol–water partition coefficient (Wildman–Crippen LogP) is 4.58. The zero-order chi connectivity index (χ0) is 25.2. The number of alkyl carbamates (subject to hydrolysis) is 1. The molecule has 2 unspecified atom stereocenters. The second-order valence-corrected chi connectivity index (χ2v) is 9.35. The maximum absolute atomic E-state index is 13.5. The minimum atomic E-state index is -0.889. The molecule has 7 heteroatoms. The highest BCUT2D eigenvalue weighted by Gasteiger charge is 2.35. The Hall–Kier alpha value is -2.83. The second kappa shape index (κ2) is 13.0. The van der Waals surface area contributed by atoms with Crippen molar-refractivity contribution < 1.29 is 19.1 Å². The Labute approximate surface area is 198 Å². The smallest absolute Gasteiger partial charge is 0.408 e. The molecule has 1 aromatic carbocycles. The summed E-state index contributed by atoms with van der Waals surface area (Å²) in [5, 5.41) is 5.59. The van der Waals surface area contributed by atoms with Crippen molar-refractivity contribution in [1.82, 2.24) is 15.5 Å². The lowest BCUT2D eigenvalue weighted by atomic mass is 9.93. The van der Waals surface area contributed by atoms with Gasteiger partial charge in [0, 0.05) is 13.1 Å². The Morgan fingerprint density at radius 1 is 1.15 bits per heavy atom. The van der Waals surface area contributed by atoms with Crippen molar-refractivity contribution in [1.29, 1.82) is 0 Å². The van der Waals surface area contributed by atoms with E-state index in [0.29, 0.717) is 6.54 Å². The average Bonchev–Trinajstić information content (AvgIpc) is 2.70. The van der Waals surface area contributed by atoms with Crippen LogP contribution in [-0.4, -0.2) is 47.5 Å². The Balaban J connectivity index is 3.28. The summed E-state index contributed by atoms with van der Waals surface area (Å²) in [6.07, 6.45) is 3.83. The minimum absolute atomic E-state index is 0.153. The molecule has 0 aliphatic carbocycles. The van der Waals surface area contributed by atoms with Crippen molar-refractivity contribution in [2.45, 2.75) is 85.4 Å². The average molecular weight is 460 g/mol. The van der Waals surface area contributed by atoms with E-state index in [1.54, 1.807) is 33.8 Å². The number of hydrogen-bond acceptors (Lipinski definition) is 4. The molecule has 1 rings (SSSR count). The number of rotatable bonds is 11. The number of unbranched alkanes of at least 4 members (excludes halogenated alkanes) is 2. The van der Waals surface area contributed by atoms with Crippen molar-refractivity contribution in [3.05, 3.63) is 47.5 Å². The summed E-state index contributed by atoms with van der Waals surface area (Å²) < 4.78 is 5.28. The highest BCUT2D eigenvalue weighted by atomic mass is 16.6. The first-order valence-corrected chi connectivity index (χ1v) is 11.7. The van der Waals surface area contributed by atoms with Gasteiger partial charge in [0.1, 0.15) is 17.7 Å². The lowest BCUT2D eigenvalue weighted by Crippen LogP contribution is -2.52. The van der Waals surface area contributed by atoms with Gasteiger partial charge in [-0.2, -0.15) is 0 Å². The standard InChI is InChI=1S/C26H41N3O4/c1-9-11-12-16-27-23(30)22(21-18(3)14-13-15-19(21)4)29(17-10-2)24(31)20(5)28-25(32)33-26(6,7)8/h10,13-15,20,22H,2,9,11-12,16-17H2,1,3-8H3,(H,27,30)(H,28,32). The largest absolute Gasteiger partial charge is 0.444 e. The molecule has 7 nitrogen and oxygen atoms in total. The number of amides is 3. The molecule has 0 heterocycles. The number of aryl methyl sites for hydroxylation is 2. The van der Waals surface area contributed by atoms with Crippen LogP contribution in [0.2, 0.25) is 0 Å². The molecule has 2 atom stereocenters. The zero-order valence-electron chi connectivity index (χ0n) is 21.3.